The van der Waals surface area contributed by atoms with Gasteiger partial charge in [0.15, 0.2) is 11.5 Å². The summed E-state index contributed by atoms with van der Waals surface area (Å²) in [5.41, 5.74) is 3.10. The largest absolute Gasteiger partial charge is 0.508 e. The first-order chi connectivity index (χ1) is 13.7. The van der Waals surface area contributed by atoms with Crippen molar-refractivity contribution < 1.29 is 14.6 Å². The molecule has 0 aliphatic carbocycles. The lowest BCUT2D eigenvalue weighted by molar-refractivity contribution is 0.174. The van der Waals surface area contributed by atoms with Crippen LogP contribution in [0.1, 0.15) is 16.8 Å². The monoisotopic (exact) mass is 378 g/mol. The van der Waals surface area contributed by atoms with Crippen LogP contribution in [0.25, 0.3) is 0 Å². The first kappa shape index (κ1) is 17.9. The Labute approximate surface area is 163 Å². The van der Waals surface area contributed by atoms with Crippen molar-refractivity contribution in [1.29, 1.82) is 0 Å². The molecule has 0 fully saturated rings. The zero-order chi connectivity index (χ0) is 19.3. The molecule has 1 aromatic heterocycles. The molecule has 0 unspecified atom stereocenters. The SMILES string of the molecule is Cc1cc(NCCc2ccc(O)cc2)nc(NCc2ccc3c(c2)OCO3)n1. The van der Waals surface area contributed by atoms with E-state index in [9.17, 15) is 5.11 Å². The Kier molecular flexibility index (Phi) is 5.14. The third-order valence-corrected chi connectivity index (χ3v) is 4.40. The summed E-state index contributed by atoms with van der Waals surface area (Å²) in [6, 6.07) is 15.0. The molecule has 0 radical (unpaired) electrons. The van der Waals surface area contributed by atoms with E-state index in [4.69, 9.17) is 9.47 Å². The summed E-state index contributed by atoms with van der Waals surface area (Å²) < 4.78 is 10.7. The number of nitrogens with zero attached hydrogens (tertiary/aromatic N) is 2. The lowest BCUT2D eigenvalue weighted by Gasteiger charge is -2.10. The van der Waals surface area contributed by atoms with Crippen LogP contribution >= 0.6 is 0 Å². The zero-order valence-electron chi connectivity index (χ0n) is 15.6. The number of benzene rings is 2. The number of nitrogens with one attached hydrogen (secondary N) is 2. The summed E-state index contributed by atoms with van der Waals surface area (Å²) in [5.74, 6) is 3.17. The van der Waals surface area contributed by atoms with Crippen LogP contribution in [0.4, 0.5) is 11.8 Å². The van der Waals surface area contributed by atoms with Gasteiger partial charge in [-0.1, -0.05) is 18.2 Å². The quantitative estimate of drug-likeness (QED) is 0.580. The Morgan fingerprint density at radius 1 is 0.929 bits per heavy atom. The highest BCUT2D eigenvalue weighted by molar-refractivity contribution is 5.46. The molecule has 0 amide bonds. The second kappa shape index (κ2) is 8.04. The Balaban J connectivity index is 1.34. The fraction of sp³-hybridized carbons (Fsp3) is 0.238. The van der Waals surface area contributed by atoms with E-state index in [1.54, 1.807) is 12.1 Å². The number of hydrogen-bond donors (Lipinski definition) is 3. The Morgan fingerprint density at radius 2 is 1.71 bits per heavy atom. The molecule has 2 heterocycles. The highest BCUT2D eigenvalue weighted by Gasteiger charge is 2.13. The number of rotatable bonds is 7. The van der Waals surface area contributed by atoms with E-state index < -0.39 is 0 Å². The van der Waals surface area contributed by atoms with Crippen molar-refractivity contribution in [3.05, 3.63) is 65.4 Å². The van der Waals surface area contributed by atoms with Crippen LogP contribution in [0.2, 0.25) is 0 Å². The first-order valence-corrected chi connectivity index (χ1v) is 9.15. The van der Waals surface area contributed by atoms with Gasteiger partial charge < -0.3 is 25.2 Å². The van der Waals surface area contributed by atoms with Crippen molar-refractivity contribution in [2.75, 3.05) is 24.0 Å². The van der Waals surface area contributed by atoms with Crippen LogP contribution in [-0.2, 0) is 13.0 Å². The zero-order valence-corrected chi connectivity index (χ0v) is 15.6. The highest BCUT2D eigenvalue weighted by atomic mass is 16.7. The van der Waals surface area contributed by atoms with Gasteiger partial charge in [0.1, 0.15) is 11.6 Å². The number of aryl methyl sites for hydroxylation is 1. The molecule has 1 aliphatic rings. The molecule has 0 atom stereocenters. The number of aromatic hydroxyl groups is 1. The molecule has 1 aliphatic heterocycles. The van der Waals surface area contributed by atoms with Gasteiger partial charge in [-0.15, -0.1) is 0 Å². The van der Waals surface area contributed by atoms with E-state index in [0.29, 0.717) is 12.5 Å². The van der Waals surface area contributed by atoms with E-state index >= 15 is 0 Å². The summed E-state index contributed by atoms with van der Waals surface area (Å²) in [6.45, 7) is 3.54. The van der Waals surface area contributed by atoms with Gasteiger partial charge in [-0.2, -0.15) is 4.98 Å². The van der Waals surface area contributed by atoms with Gasteiger partial charge in [-0.05, 0) is 48.7 Å². The molecule has 7 heteroatoms. The maximum atomic E-state index is 9.35. The van der Waals surface area contributed by atoms with Crippen molar-refractivity contribution in [2.45, 2.75) is 19.9 Å². The van der Waals surface area contributed by atoms with E-state index in [0.717, 1.165) is 47.1 Å². The standard InChI is InChI=1S/C21H22N4O3/c1-14-10-20(22-9-8-15-2-5-17(26)6-3-15)25-21(24-14)23-12-16-4-7-18-19(11-16)28-13-27-18/h2-7,10-11,26H,8-9,12-13H2,1H3,(H2,22,23,24,25). The lowest BCUT2D eigenvalue weighted by Crippen LogP contribution is -2.10. The molecular formula is C21H22N4O3. The van der Waals surface area contributed by atoms with Crippen LogP contribution < -0.4 is 20.1 Å². The van der Waals surface area contributed by atoms with Crippen molar-refractivity contribution >= 4 is 11.8 Å². The summed E-state index contributed by atoms with van der Waals surface area (Å²) in [5, 5.41) is 15.9. The number of phenolic OH excluding ortho intramolecular Hbond substituents is 1. The van der Waals surface area contributed by atoms with Crippen LogP contribution in [0.5, 0.6) is 17.2 Å². The van der Waals surface area contributed by atoms with Crippen LogP contribution in [-0.4, -0.2) is 28.4 Å². The molecule has 2 aromatic carbocycles. The van der Waals surface area contributed by atoms with Gasteiger partial charge in [0.25, 0.3) is 0 Å². The van der Waals surface area contributed by atoms with Gasteiger partial charge in [0.05, 0.1) is 0 Å². The average molecular weight is 378 g/mol. The minimum Gasteiger partial charge on any atom is -0.508 e. The van der Waals surface area contributed by atoms with Crippen LogP contribution in [0.15, 0.2) is 48.5 Å². The van der Waals surface area contributed by atoms with Crippen molar-refractivity contribution in [3.63, 3.8) is 0 Å². The van der Waals surface area contributed by atoms with E-state index in [-0.39, 0.29) is 12.5 Å². The molecule has 28 heavy (non-hydrogen) atoms. The smallest absolute Gasteiger partial charge is 0.231 e. The maximum Gasteiger partial charge on any atom is 0.231 e. The topological polar surface area (TPSA) is 88.5 Å². The van der Waals surface area contributed by atoms with Gasteiger partial charge in [-0.3, -0.25) is 0 Å². The molecule has 0 bridgehead atoms. The predicted molar refractivity (Wildman–Crippen MR) is 107 cm³/mol. The molecule has 3 N–H and O–H groups in total. The molecule has 3 aromatic rings. The second-order valence-electron chi connectivity index (χ2n) is 6.60. The second-order valence-corrected chi connectivity index (χ2v) is 6.60. The third kappa shape index (κ3) is 4.43. The van der Waals surface area contributed by atoms with Crippen LogP contribution in [0, 0.1) is 6.92 Å². The maximum absolute atomic E-state index is 9.35. The van der Waals surface area contributed by atoms with E-state index in [1.807, 2.05) is 43.3 Å². The Bertz CT molecular complexity index is 960. The molecule has 7 nitrogen and oxygen atoms in total. The summed E-state index contributed by atoms with van der Waals surface area (Å²) >= 11 is 0. The van der Waals surface area contributed by atoms with Gasteiger partial charge in [0, 0.05) is 24.8 Å². The first-order valence-electron chi connectivity index (χ1n) is 9.15. The predicted octanol–water partition coefficient (Wildman–Crippen LogP) is 3.49. The Morgan fingerprint density at radius 3 is 2.57 bits per heavy atom. The van der Waals surface area contributed by atoms with Crippen molar-refractivity contribution in [3.8, 4) is 17.2 Å². The molecule has 0 saturated heterocycles. The fourth-order valence-corrected chi connectivity index (χ4v) is 2.97. The number of fused-ring (bicyclic) bond motifs is 1. The minimum atomic E-state index is 0.270. The fourth-order valence-electron chi connectivity index (χ4n) is 2.97. The average Bonchev–Trinajstić information content (AvgIpc) is 3.15. The van der Waals surface area contributed by atoms with E-state index in [1.165, 1.54) is 0 Å². The summed E-state index contributed by atoms with van der Waals surface area (Å²) in [7, 11) is 0. The van der Waals surface area contributed by atoms with Gasteiger partial charge in [-0.25, -0.2) is 4.98 Å². The number of hydrogen-bond acceptors (Lipinski definition) is 7. The normalized spacial score (nSPS) is 12.0. The van der Waals surface area contributed by atoms with E-state index in [2.05, 4.69) is 20.6 Å². The summed E-state index contributed by atoms with van der Waals surface area (Å²) in [6.07, 6.45) is 0.837. The Hall–Kier alpha value is -3.48. The molecular weight excluding hydrogens is 356 g/mol. The minimum absolute atomic E-state index is 0.270. The number of phenols is 1. The number of anilines is 2. The molecule has 0 saturated carbocycles. The summed E-state index contributed by atoms with van der Waals surface area (Å²) in [4.78, 5) is 8.99. The molecule has 4 rings (SSSR count). The number of aromatic nitrogens is 2. The highest BCUT2D eigenvalue weighted by Crippen LogP contribution is 2.32. The van der Waals surface area contributed by atoms with Crippen molar-refractivity contribution in [1.82, 2.24) is 9.97 Å². The van der Waals surface area contributed by atoms with Crippen molar-refractivity contribution in [2.24, 2.45) is 0 Å². The van der Waals surface area contributed by atoms with Gasteiger partial charge in [0.2, 0.25) is 12.7 Å². The third-order valence-electron chi connectivity index (χ3n) is 4.40. The number of ether oxygens (including phenoxy) is 2. The lowest BCUT2D eigenvalue weighted by atomic mass is 10.1. The molecule has 0 spiro atoms. The molecule has 144 valence electrons. The van der Waals surface area contributed by atoms with Gasteiger partial charge >= 0.3 is 0 Å². The van der Waals surface area contributed by atoms with Crippen LogP contribution in [0.3, 0.4) is 0 Å².